The average molecular weight is 381 g/mol. The highest BCUT2D eigenvalue weighted by molar-refractivity contribution is 9.10. The van der Waals surface area contributed by atoms with Gasteiger partial charge in [0.05, 0.1) is 0 Å². The van der Waals surface area contributed by atoms with Gasteiger partial charge in [-0.25, -0.2) is 13.6 Å². The molecule has 1 aromatic heterocycles. The molecule has 0 aromatic carbocycles. The van der Waals surface area contributed by atoms with E-state index in [0.29, 0.717) is 19.6 Å². The van der Waals surface area contributed by atoms with Crippen molar-refractivity contribution in [3.05, 3.63) is 16.5 Å². The van der Waals surface area contributed by atoms with Crippen molar-refractivity contribution >= 4 is 31.9 Å². The molecule has 0 aliphatic heterocycles. The summed E-state index contributed by atoms with van der Waals surface area (Å²) in [5.74, 6) is 0.120. The molecule has 9 heteroatoms. The van der Waals surface area contributed by atoms with Crippen LogP contribution in [-0.4, -0.2) is 34.1 Å². The summed E-state index contributed by atoms with van der Waals surface area (Å²) < 4.78 is 32.8. The summed E-state index contributed by atoms with van der Waals surface area (Å²) in [5, 5.41) is 7.62. The molecule has 0 spiro atoms. The number of ether oxygens (including phenoxy) is 1. The first-order valence-electron chi connectivity index (χ1n) is 6.56. The fraction of sp³-hybridized carbons (Fsp3) is 0.583. The number of halogens is 1. The number of sulfonamides is 1. The van der Waals surface area contributed by atoms with Gasteiger partial charge in [0.15, 0.2) is 10.4 Å². The molecular weight excluding hydrogens is 364 g/mol. The molecule has 1 aliphatic rings. The second-order valence-corrected chi connectivity index (χ2v) is 7.17. The Labute approximate surface area is 131 Å². The van der Waals surface area contributed by atoms with Gasteiger partial charge in [-0.15, -0.1) is 0 Å². The summed E-state index contributed by atoms with van der Waals surface area (Å²) in [7, 11) is -3.92. The standard InChI is InChI=1S/C12H17BrN2O5S/c13-11-10(21(14,17)18)6-9(20-11)12(16)15-4-1-5-19-7-8-2-3-8/h6,8H,1-5,7H2,(H,15,16)(H2,14,17,18). The Hall–Kier alpha value is -0.900. The van der Waals surface area contributed by atoms with Gasteiger partial charge < -0.3 is 14.5 Å². The Morgan fingerprint density at radius 2 is 2.24 bits per heavy atom. The molecule has 0 unspecified atom stereocenters. The SMILES string of the molecule is NS(=O)(=O)c1cc(C(=O)NCCCOCC2CC2)oc1Br. The van der Waals surface area contributed by atoms with Crippen LogP contribution in [0.25, 0.3) is 0 Å². The van der Waals surface area contributed by atoms with Crippen LogP contribution in [0.4, 0.5) is 0 Å². The van der Waals surface area contributed by atoms with Crippen molar-refractivity contribution in [1.29, 1.82) is 0 Å². The van der Waals surface area contributed by atoms with E-state index in [-0.39, 0.29) is 15.3 Å². The number of nitrogens with two attached hydrogens (primary N) is 1. The van der Waals surface area contributed by atoms with Gasteiger partial charge >= 0.3 is 0 Å². The van der Waals surface area contributed by atoms with Crippen LogP contribution >= 0.6 is 15.9 Å². The van der Waals surface area contributed by atoms with Crippen molar-refractivity contribution in [3.8, 4) is 0 Å². The molecule has 1 aliphatic carbocycles. The van der Waals surface area contributed by atoms with E-state index in [9.17, 15) is 13.2 Å². The zero-order valence-corrected chi connectivity index (χ0v) is 13.7. The van der Waals surface area contributed by atoms with Gasteiger partial charge in [-0.1, -0.05) is 0 Å². The number of rotatable bonds is 8. The van der Waals surface area contributed by atoms with Crippen LogP contribution in [0.2, 0.25) is 0 Å². The number of amides is 1. The van der Waals surface area contributed by atoms with E-state index >= 15 is 0 Å². The molecule has 0 saturated heterocycles. The largest absolute Gasteiger partial charge is 0.443 e. The van der Waals surface area contributed by atoms with Gasteiger partial charge in [0.25, 0.3) is 5.91 Å². The first-order valence-corrected chi connectivity index (χ1v) is 8.90. The number of hydrogen-bond acceptors (Lipinski definition) is 5. The highest BCUT2D eigenvalue weighted by Crippen LogP contribution is 2.28. The zero-order valence-electron chi connectivity index (χ0n) is 11.3. The van der Waals surface area contributed by atoms with Crippen molar-refractivity contribution in [2.24, 2.45) is 11.1 Å². The fourth-order valence-electron chi connectivity index (χ4n) is 1.66. The summed E-state index contributed by atoms with van der Waals surface area (Å²) in [5.41, 5.74) is 0. The van der Waals surface area contributed by atoms with E-state index in [1.807, 2.05) is 0 Å². The maximum Gasteiger partial charge on any atom is 0.287 e. The van der Waals surface area contributed by atoms with Crippen LogP contribution in [0.15, 0.2) is 20.0 Å². The van der Waals surface area contributed by atoms with Crippen molar-refractivity contribution in [3.63, 3.8) is 0 Å². The van der Waals surface area contributed by atoms with Crippen molar-refractivity contribution in [1.82, 2.24) is 5.32 Å². The smallest absolute Gasteiger partial charge is 0.287 e. The van der Waals surface area contributed by atoms with Gasteiger partial charge in [0, 0.05) is 25.8 Å². The average Bonchev–Trinajstić information content (AvgIpc) is 3.12. The van der Waals surface area contributed by atoms with Crippen molar-refractivity contribution < 1.29 is 22.4 Å². The Balaban J connectivity index is 1.75. The van der Waals surface area contributed by atoms with E-state index < -0.39 is 15.9 Å². The van der Waals surface area contributed by atoms with Gasteiger partial charge in [-0.3, -0.25) is 4.79 Å². The van der Waals surface area contributed by atoms with Gasteiger partial charge in [-0.05, 0) is 41.1 Å². The number of nitrogens with one attached hydrogen (secondary N) is 1. The third kappa shape index (κ3) is 5.10. The molecule has 7 nitrogen and oxygen atoms in total. The highest BCUT2D eigenvalue weighted by atomic mass is 79.9. The predicted molar refractivity (Wildman–Crippen MR) is 78.3 cm³/mol. The highest BCUT2D eigenvalue weighted by Gasteiger charge is 2.22. The van der Waals surface area contributed by atoms with Crippen LogP contribution < -0.4 is 10.5 Å². The summed E-state index contributed by atoms with van der Waals surface area (Å²) in [6, 6.07) is 1.10. The van der Waals surface area contributed by atoms with E-state index in [2.05, 4.69) is 21.2 Å². The van der Waals surface area contributed by atoms with E-state index in [0.717, 1.165) is 18.6 Å². The molecular formula is C12H17BrN2O5S. The molecule has 2 rings (SSSR count). The molecule has 1 saturated carbocycles. The van der Waals surface area contributed by atoms with Crippen LogP contribution in [-0.2, 0) is 14.8 Å². The molecule has 0 atom stereocenters. The molecule has 3 N–H and O–H groups in total. The number of furan rings is 1. The Morgan fingerprint density at radius 1 is 1.52 bits per heavy atom. The molecule has 1 fully saturated rings. The van der Waals surface area contributed by atoms with E-state index in [1.54, 1.807) is 0 Å². The lowest BCUT2D eigenvalue weighted by Gasteiger charge is -2.04. The third-order valence-electron chi connectivity index (χ3n) is 2.99. The number of carbonyl (C=O) groups excluding carboxylic acids is 1. The van der Waals surface area contributed by atoms with Gasteiger partial charge in [-0.2, -0.15) is 0 Å². The lowest BCUT2D eigenvalue weighted by atomic mass is 10.4. The van der Waals surface area contributed by atoms with E-state index in [4.69, 9.17) is 14.3 Å². The number of hydrogen-bond donors (Lipinski definition) is 2. The van der Waals surface area contributed by atoms with Crippen molar-refractivity contribution in [2.75, 3.05) is 19.8 Å². The maximum atomic E-state index is 11.8. The zero-order chi connectivity index (χ0) is 15.5. The molecule has 1 amide bonds. The minimum absolute atomic E-state index is 0.0806. The third-order valence-corrected chi connectivity index (χ3v) is 4.76. The predicted octanol–water partition coefficient (Wildman–Crippen LogP) is 1.24. The van der Waals surface area contributed by atoms with Crippen LogP contribution in [0, 0.1) is 5.92 Å². The summed E-state index contributed by atoms with van der Waals surface area (Å²) in [6.07, 6.45) is 3.18. The number of carbonyl (C=O) groups is 1. The molecule has 1 heterocycles. The van der Waals surface area contributed by atoms with Crippen LogP contribution in [0.3, 0.4) is 0 Å². The van der Waals surface area contributed by atoms with Crippen LogP contribution in [0.1, 0.15) is 29.8 Å². The van der Waals surface area contributed by atoms with Gasteiger partial charge in [0.2, 0.25) is 10.0 Å². The Morgan fingerprint density at radius 3 is 2.81 bits per heavy atom. The van der Waals surface area contributed by atoms with Gasteiger partial charge in [0.1, 0.15) is 4.90 Å². The summed E-state index contributed by atoms with van der Waals surface area (Å²) >= 11 is 2.92. The molecule has 1 aromatic rings. The first-order chi connectivity index (χ1) is 9.88. The normalized spacial score (nSPS) is 15.1. The molecule has 0 radical (unpaired) electrons. The molecule has 118 valence electrons. The minimum atomic E-state index is -3.92. The Kier molecular flexibility index (Phi) is 5.42. The lowest BCUT2D eigenvalue weighted by Crippen LogP contribution is -2.25. The molecule has 21 heavy (non-hydrogen) atoms. The lowest BCUT2D eigenvalue weighted by molar-refractivity contribution is 0.0909. The Bertz CT molecular complexity index is 609. The summed E-state index contributed by atoms with van der Waals surface area (Å²) in [6.45, 7) is 1.80. The monoisotopic (exact) mass is 380 g/mol. The number of primary sulfonamides is 1. The molecule has 0 bridgehead atoms. The minimum Gasteiger partial charge on any atom is -0.443 e. The quantitative estimate of drug-likeness (QED) is 0.658. The first kappa shape index (κ1) is 16.5. The van der Waals surface area contributed by atoms with Crippen LogP contribution in [0.5, 0.6) is 0 Å². The topological polar surface area (TPSA) is 112 Å². The fourth-order valence-corrected chi connectivity index (χ4v) is 3.16. The van der Waals surface area contributed by atoms with Crippen molar-refractivity contribution in [2.45, 2.75) is 24.2 Å². The maximum absolute atomic E-state index is 11.8. The second kappa shape index (κ2) is 6.91. The second-order valence-electron chi connectivity index (χ2n) is 4.92. The van der Waals surface area contributed by atoms with E-state index in [1.165, 1.54) is 12.8 Å². The summed E-state index contributed by atoms with van der Waals surface area (Å²) in [4.78, 5) is 11.5.